The van der Waals surface area contributed by atoms with Gasteiger partial charge in [-0.2, -0.15) is 5.10 Å². The lowest BCUT2D eigenvalue weighted by Gasteiger charge is -2.03. The van der Waals surface area contributed by atoms with Crippen LogP contribution < -0.4 is 5.43 Å². The Labute approximate surface area is 87.5 Å². The fraction of sp³-hybridized carbons (Fsp3) is 0.222. The number of benzene rings is 1. The van der Waals surface area contributed by atoms with E-state index in [0.717, 1.165) is 11.4 Å². The van der Waals surface area contributed by atoms with Gasteiger partial charge in [-0.25, -0.2) is 0 Å². The van der Waals surface area contributed by atoms with Crippen LogP contribution in [0.1, 0.15) is 13.8 Å². The third-order valence-corrected chi connectivity index (χ3v) is 1.89. The van der Waals surface area contributed by atoms with Crippen molar-refractivity contribution in [2.24, 2.45) is 5.10 Å². The molecular formula is C9H10Cl2N2. The lowest BCUT2D eigenvalue weighted by molar-refractivity contribution is 1.32. The average molecular weight is 217 g/mol. The minimum atomic E-state index is 0.606. The molecule has 13 heavy (non-hydrogen) atoms. The van der Waals surface area contributed by atoms with Gasteiger partial charge in [0.25, 0.3) is 0 Å². The van der Waals surface area contributed by atoms with Crippen molar-refractivity contribution in [3.63, 3.8) is 0 Å². The van der Waals surface area contributed by atoms with E-state index in [1.165, 1.54) is 0 Å². The predicted molar refractivity (Wildman–Crippen MR) is 58.9 cm³/mol. The maximum atomic E-state index is 5.89. The van der Waals surface area contributed by atoms with Gasteiger partial charge in [-0.1, -0.05) is 23.2 Å². The molecule has 0 spiro atoms. The fourth-order valence-electron chi connectivity index (χ4n) is 0.755. The van der Waals surface area contributed by atoms with E-state index in [1.54, 1.807) is 18.2 Å². The van der Waals surface area contributed by atoms with Crippen LogP contribution in [0.25, 0.3) is 0 Å². The molecular weight excluding hydrogens is 207 g/mol. The monoisotopic (exact) mass is 216 g/mol. The molecule has 0 bridgehead atoms. The Morgan fingerprint density at radius 1 is 1.31 bits per heavy atom. The van der Waals surface area contributed by atoms with E-state index in [0.29, 0.717) is 10.0 Å². The highest BCUT2D eigenvalue weighted by molar-refractivity contribution is 6.35. The molecule has 0 atom stereocenters. The molecule has 0 unspecified atom stereocenters. The number of hydrogen-bond acceptors (Lipinski definition) is 2. The molecule has 4 heteroatoms. The van der Waals surface area contributed by atoms with Crippen LogP contribution in [-0.2, 0) is 0 Å². The molecule has 0 aliphatic heterocycles. The fourth-order valence-corrected chi connectivity index (χ4v) is 1.09. The average Bonchev–Trinajstić information content (AvgIpc) is 2.06. The Morgan fingerprint density at radius 2 is 2.00 bits per heavy atom. The summed E-state index contributed by atoms with van der Waals surface area (Å²) in [4.78, 5) is 0. The molecule has 0 saturated carbocycles. The summed E-state index contributed by atoms with van der Waals surface area (Å²) in [5.41, 5.74) is 4.47. The Kier molecular flexibility index (Phi) is 3.58. The van der Waals surface area contributed by atoms with Crippen LogP contribution in [0, 0.1) is 0 Å². The zero-order valence-electron chi connectivity index (χ0n) is 7.44. The quantitative estimate of drug-likeness (QED) is 0.591. The van der Waals surface area contributed by atoms with Crippen LogP contribution in [-0.4, -0.2) is 5.71 Å². The third kappa shape index (κ3) is 3.25. The number of nitrogens with one attached hydrogen (secondary N) is 1. The topological polar surface area (TPSA) is 24.4 Å². The SMILES string of the molecule is CC(C)=NNc1cc(Cl)ccc1Cl. The first-order valence-electron chi connectivity index (χ1n) is 3.81. The van der Waals surface area contributed by atoms with Crippen LogP contribution in [0.4, 0.5) is 5.69 Å². The van der Waals surface area contributed by atoms with Crippen molar-refractivity contribution in [1.29, 1.82) is 0 Å². The lowest BCUT2D eigenvalue weighted by Crippen LogP contribution is -1.93. The van der Waals surface area contributed by atoms with Gasteiger partial charge in [-0.15, -0.1) is 0 Å². The summed E-state index contributed by atoms with van der Waals surface area (Å²) in [5, 5.41) is 5.26. The first-order valence-corrected chi connectivity index (χ1v) is 4.57. The summed E-state index contributed by atoms with van der Waals surface area (Å²) in [6, 6.07) is 5.20. The summed E-state index contributed by atoms with van der Waals surface area (Å²) >= 11 is 11.7. The lowest BCUT2D eigenvalue weighted by atomic mass is 10.3. The smallest absolute Gasteiger partial charge is 0.0762 e. The molecule has 0 aliphatic rings. The summed E-state index contributed by atoms with van der Waals surface area (Å²) < 4.78 is 0. The highest BCUT2D eigenvalue weighted by atomic mass is 35.5. The van der Waals surface area contributed by atoms with Gasteiger partial charge in [-0.3, -0.25) is 5.43 Å². The first-order chi connectivity index (χ1) is 6.09. The van der Waals surface area contributed by atoms with Gasteiger partial charge < -0.3 is 0 Å². The number of hydrogen-bond donors (Lipinski definition) is 1. The largest absolute Gasteiger partial charge is 0.277 e. The molecule has 0 radical (unpaired) electrons. The molecule has 0 fully saturated rings. The van der Waals surface area contributed by atoms with E-state index in [-0.39, 0.29) is 0 Å². The maximum Gasteiger partial charge on any atom is 0.0762 e. The van der Waals surface area contributed by atoms with Gasteiger partial charge in [0, 0.05) is 10.7 Å². The van der Waals surface area contributed by atoms with Crippen molar-refractivity contribution in [2.75, 3.05) is 5.43 Å². The van der Waals surface area contributed by atoms with Crippen molar-refractivity contribution < 1.29 is 0 Å². The standard InChI is InChI=1S/C9H10Cl2N2/c1-6(2)12-13-9-5-7(10)3-4-8(9)11/h3-5,13H,1-2H3. The van der Waals surface area contributed by atoms with E-state index in [1.807, 2.05) is 13.8 Å². The molecule has 0 saturated heterocycles. The Balaban J connectivity index is 2.87. The van der Waals surface area contributed by atoms with Crippen molar-refractivity contribution in [1.82, 2.24) is 0 Å². The highest BCUT2D eigenvalue weighted by Crippen LogP contribution is 2.25. The van der Waals surface area contributed by atoms with E-state index in [9.17, 15) is 0 Å². The summed E-state index contributed by atoms with van der Waals surface area (Å²) in [6.07, 6.45) is 0. The van der Waals surface area contributed by atoms with Gasteiger partial charge in [0.05, 0.1) is 10.7 Å². The highest BCUT2D eigenvalue weighted by Gasteiger charge is 1.98. The number of anilines is 1. The molecule has 0 aromatic heterocycles. The van der Waals surface area contributed by atoms with Crippen LogP contribution in [0.2, 0.25) is 10.0 Å². The summed E-state index contributed by atoms with van der Waals surface area (Å²) in [7, 11) is 0. The molecule has 0 aliphatic carbocycles. The number of halogens is 2. The first kappa shape index (κ1) is 10.4. The normalized spacial score (nSPS) is 9.54. The number of hydrazone groups is 1. The molecule has 1 aromatic carbocycles. The van der Waals surface area contributed by atoms with Crippen molar-refractivity contribution >= 4 is 34.6 Å². The maximum absolute atomic E-state index is 5.89. The van der Waals surface area contributed by atoms with Crippen LogP contribution in [0.3, 0.4) is 0 Å². The summed E-state index contributed by atoms with van der Waals surface area (Å²) in [5.74, 6) is 0. The van der Waals surface area contributed by atoms with Crippen LogP contribution >= 0.6 is 23.2 Å². The van der Waals surface area contributed by atoms with Gasteiger partial charge in [0.15, 0.2) is 0 Å². The van der Waals surface area contributed by atoms with Crippen molar-refractivity contribution in [3.8, 4) is 0 Å². The molecule has 70 valence electrons. The van der Waals surface area contributed by atoms with Gasteiger partial charge in [-0.05, 0) is 32.0 Å². The van der Waals surface area contributed by atoms with Gasteiger partial charge in [0.1, 0.15) is 0 Å². The van der Waals surface area contributed by atoms with E-state index in [2.05, 4.69) is 10.5 Å². The van der Waals surface area contributed by atoms with E-state index < -0.39 is 0 Å². The van der Waals surface area contributed by atoms with Gasteiger partial charge >= 0.3 is 0 Å². The third-order valence-electron chi connectivity index (χ3n) is 1.33. The second-order valence-electron chi connectivity index (χ2n) is 2.79. The molecule has 1 aromatic rings. The zero-order valence-corrected chi connectivity index (χ0v) is 8.95. The summed E-state index contributed by atoms with van der Waals surface area (Å²) in [6.45, 7) is 3.79. The Hall–Kier alpha value is -0.730. The Morgan fingerprint density at radius 3 is 2.62 bits per heavy atom. The minimum absolute atomic E-state index is 0.606. The molecule has 1 N–H and O–H groups in total. The molecule has 0 amide bonds. The minimum Gasteiger partial charge on any atom is -0.277 e. The van der Waals surface area contributed by atoms with Crippen LogP contribution in [0.5, 0.6) is 0 Å². The van der Waals surface area contributed by atoms with E-state index >= 15 is 0 Å². The van der Waals surface area contributed by atoms with Crippen molar-refractivity contribution in [3.05, 3.63) is 28.2 Å². The van der Waals surface area contributed by atoms with E-state index in [4.69, 9.17) is 23.2 Å². The molecule has 1 rings (SSSR count). The van der Waals surface area contributed by atoms with Gasteiger partial charge in [0.2, 0.25) is 0 Å². The predicted octanol–water partition coefficient (Wildman–Crippen LogP) is 3.80. The number of rotatable bonds is 2. The molecule has 2 nitrogen and oxygen atoms in total. The van der Waals surface area contributed by atoms with Crippen LogP contribution in [0.15, 0.2) is 23.3 Å². The number of nitrogens with zero attached hydrogens (tertiary/aromatic N) is 1. The zero-order chi connectivity index (χ0) is 9.84. The second-order valence-corrected chi connectivity index (χ2v) is 3.64. The molecule has 0 heterocycles. The Bertz CT molecular complexity index is 330. The van der Waals surface area contributed by atoms with Crippen molar-refractivity contribution in [2.45, 2.75) is 13.8 Å². The second kappa shape index (κ2) is 4.49.